The van der Waals surface area contributed by atoms with Gasteiger partial charge in [0, 0.05) is 44.0 Å². The van der Waals surface area contributed by atoms with Crippen molar-refractivity contribution < 1.29 is 4.74 Å². The highest BCUT2D eigenvalue weighted by Gasteiger charge is 2.27. The van der Waals surface area contributed by atoms with Gasteiger partial charge < -0.3 is 15.0 Å². The van der Waals surface area contributed by atoms with Crippen molar-refractivity contribution in [2.45, 2.75) is 37.8 Å². The molecule has 1 aliphatic carbocycles. The van der Waals surface area contributed by atoms with Gasteiger partial charge in [0.25, 0.3) is 0 Å². The second kappa shape index (κ2) is 8.14. The average molecular weight is 433 g/mol. The van der Waals surface area contributed by atoms with E-state index in [4.69, 9.17) is 4.74 Å². The van der Waals surface area contributed by atoms with Crippen LogP contribution < -0.4 is 5.32 Å². The quantitative estimate of drug-likeness (QED) is 0.512. The zero-order chi connectivity index (χ0) is 21.5. The number of nitrogens with zero attached hydrogens (tertiary/aromatic N) is 6. The number of H-pyrrole nitrogens is 1. The first-order valence-corrected chi connectivity index (χ1v) is 11.5. The van der Waals surface area contributed by atoms with Crippen LogP contribution in [0.25, 0.3) is 33.2 Å². The van der Waals surface area contributed by atoms with Crippen molar-refractivity contribution in [3.05, 3.63) is 30.7 Å². The molecule has 0 spiro atoms. The van der Waals surface area contributed by atoms with Crippen LogP contribution in [0.4, 0.5) is 5.82 Å². The van der Waals surface area contributed by atoms with Gasteiger partial charge in [0.15, 0.2) is 0 Å². The van der Waals surface area contributed by atoms with Crippen LogP contribution in [0, 0.1) is 0 Å². The summed E-state index contributed by atoms with van der Waals surface area (Å²) in [5, 5.41) is 13.1. The van der Waals surface area contributed by atoms with Gasteiger partial charge in [0.05, 0.1) is 24.1 Å². The van der Waals surface area contributed by atoms with Gasteiger partial charge in [-0.15, -0.1) is 5.10 Å². The second-order valence-corrected chi connectivity index (χ2v) is 8.86. The normalized spacial score (nSPS) is 22.5. The van der Waals surface area contributed by atoms with Crippen molar-refractivity contribution in [3.8, 4) is 11.1 Å². The van der Waals surface area contributed by atoms with E-state index in [1.807, 2.05) is 19.3 Å². The average Bonchev–Trinajstić information content (AvgIpc) is 3.44. The molecule has 32 heavy (non-hydrogen) atoms. The Morgan fingerprint density at radius 2 is 1.94 bits per heavy atom. The number of anilines is 1. The number of aromatic amines is 1. The summed E-state index contributed by atoms with van der Waals surface area (Å²) in [6, 6.07) is 7.34. The number of aromatic nitrogens is 6. The number of morpholine rings is 1. The summed E-state index contributed by atoms with van der Waals surface area (Å²) in [6.07, 6.45) is 8.40. The first-order chi connectivity index (χ1) is 15.8. The maximum atomic E-state index is 5.52. The predicted molar refractivity (Wildman–Crippen MR) is 123 cm³/mol. The van der Waals surface area contributed by atoms with Gasteiger partial charge in [-0.3, -0.25) is 4.90 Å². The Kier molecular flexibility index (Phi) is 4.99. The van der Waals surface area contributed by atoms with Crippen molar-refractivity contribution in [2.75, 3.05) is 31.6 Å². The molecule has 0 bridgehead atoms. The number of benzene rings is 1. The second-order valence-electron chi connectivity index (χ2n) is 8.86. The minimum Gasteiger partial charge on any atom is -0.379 e. The molecule has 1 saturated heterocycles. The monoisotopic (exact) mass is 432 g/mol. The minimum absolute atomic E-state index is 0.428. The van der Waals surface area contributed by atoms with Crippen LogP contribution in [-0.4, -0.2) is 73.2 Å². The van der Waals surface area contributed by atoms with Crippen molar-refractivity contribution in [1.82, 2.24) is 34.8 Å². The molecule has 1 aromatic carbocycles. The van der Waals surface area contributed by atoms with Crippen molar-refractivity contribution in [2.24, 2.45) is 7.05 Å². The molecule has 0 atom stereocenters. The zero-order valence-corrected chi connectivity index (χ0v) is 18.3. The van der Waals surface area contributed by atoms with E-state index in [0.29, 0.717) is 12.1 Å². The molecule has 1 aliphatic heterocycles. The molecule has 1 saturated carbocycles. The Hall–Kier alpha value is -3.04. The molecule has 0 amide bonds. The van der Waals surface area contributed by atoms with Crippen LogP contribution in [0.2, 0.25) is 0 Å². The van der Waals surface area contributed by atoms with E-state index in [9.17, 15) is 0 Å². The Labute approximate surface area is 186 Å². The Balaban J connectivity index is 1.25. The largest absolute Gasteiger partial charge is 0.379 e. The van der Waals surface area contributed by atoms with E-state index in [1.165, 1.54) is 12.8 Å². The van der Waals surface area contributed by atoms with Crippen LogP contribution in [0.1, 0.15) is 25.7 Å². The summed E-state index contributed by atoms with van der Waals surface area (Å²) in [5.41, 5.74) is 4.94. The number of aryl methyl sites for hydroxylation is 1. The van der Waals surface area contributed by atoms with Crippen molar-refractivity contribution in [3.63, 3.8) is 0 Å². The fourth-order valence-electron chi connectivity index (χ4n) is 5.22. The Bertz CT molecular complexity index is 1230. The van der Waals surface area contributed by atoms with Crippen LogP contribution in [0.5, 0.6) is 0 Å². The molecule has 2 N–H and O–H groups in total. The van der Waals surface area contributed by atoms with Crippen LogP contribution in [0.15, 0.2) is 30.7 Å². The molecule has 0 radical (unpaired) electrons. The zero-order valence-electron chi connectivity index (χ0n) is 18.3. The van der Waals surface area contributed by atoms with Gasteiger partial charge in [0.1, 0.15) is 23.3 Å². The third kappa shape index (κ3) is 3.51. The molecule has 166 valence electrons. The molecule has 4 heterocycles. The van der Waals surface area contributed by atoms with Crippen LogP contribution in [-0.2, 0) is 11.8 Å². The molecule has 3 aromatic heterocycles. The molecule has 4 aromatic rings. The maximum absolute atomic E-state index is 5.52. The predicted octanol–water partition coefficient (Wildman–Crippen LogP) is 2.96. The van der Waals surface area contributed by atoms with Gasteiger partial charge in [-0.2, -0.15) is 0 Å². The summed E-state index contributed by atoms with van der Waals surface area (Å²) in [4.78, 5) is 15.0. The smallest absolute Gasteiger partial charge is 0.143 e. The van der Waals surface area contributed by atoms with Crippen LogP contribution >= 0.6 is 0 Å². The van der Waals surface area contributed by atoms with Crippen LogP contribution in [0.3, 0.4) is 0 Å². The van der Waals surface area contributed by atoms with E-state index in [2.05, 4.69) is 47.6 Å². The van der Waals surface area contributed by atoms with Crippen molar-refractivity contribution >= 4 is 27.9 Å². The highest BCUT2D eigenvalue weighted by Crippen LogP contribution is 2.34. The summed E-state index contributed by atoms with van der Waals surface area (Å²) in [7, 11) is 1.91. The SMILES string of the molecule is Cn1nnc2ccc(-c3c[nH]c4ncnc(N[C@H]5CC[C@H](N6CCOCC6)CC5)c34)cc21. The van der Waals surface area contributed by atoms with Gasteiger partial charge in [-0.05, 0) is 43.4 Å². The molecular formula is C23H28N8O. The molecule has 0 unspecified atom stereocenters. The first-order valence-electron chi connectivity index (χ1n) is 11.5. The highest BCUT2D eigenvalue weighted by molar-refractivity contribution is 6.02. The summed E-state index contributed by atoms with van der Waals surface area (Å²) in [5.74, 6) is 0.907. The number of hydrogen-bond acceptors (Lipinski definition) is 7. The Morgan fingerprint density at radius 3 is 2.78 bits per heavy atom. The molecule has 6 rings (SSSR count). The number of nitrogens with one attached hydrogen (secondary N) is 2. The number of ether oxygens (including phenoxy) is 1. The third-order valence-corrected chi connectivity index (χ3v) is 6.99. The van der Waals surface area contributed by atoms with E-state index < -0.39 is 0 Å². The lowest BCUT2D eigenvalue weighted by Crippen LogP contribution is -2.46. The van der Waals surface area contributed by atoms with Crippen molar-refractivity contribution in [1.29, 1.82) is 0 Å². The lowest BCUT2D eigenvalue weighted by molar-refractivity contribution is 0.00791. The number of hydrogen-bond donors (Lipinski definition) is 2. The molecule has 9 nitrogen and oxygen atoms in total. The fourth-order valence-corrected chi connectivity index (χ4v) is 5.22. The third-order valence-electron chi connectivity index (χ3n) is 6.99. The van der Waals surface area contributed by atoms with Gasteiger partial charge in [-0.1, -0.05) is 11.3 Å². The molecule has 2 aliphatic rings. The summed E-state index contributed by atoms with van der Waals surface area (Å²) in [6.45, 7) is 3.87. The van der Waals surface area contributed by atoms with E-state index >= 15 is 0 Å². The highest BCUT2D eigenvalue weighted by atomic mass is 16.5. The summed E-state index contributed by atoms with van der Waals surface area (Å²) >= 11 is 0. The molecular weight excluding hydrogens is 404 g/mol. The Morgan fingerprint density at radius 1 is 1.09 bits per heavy atom. The number of rotatable bonds is 4. The van der Waals surface area contributed by atoms with Gasteiger partial charge in [0.2, 0.25) is 0 Å². The topological polar surface area (TPSA) is 96.8 Å². The van der Waals surface area contributed by atoms with Gasteiger partial charge >= 0.3 is 0 Å². The molecule has 2 fully saturated rings. The molecule has 9 heteroatoms. The fraction of sp³-hybridized carbons (Fsp3) is 0.478. The standard InChI is InChI=1S/C23H28N8O/c1-30-20-12-15(2-7-19(20)28-29-30)18-13-24-22-21(18)23(26-14-25-22)27-16-3-5-17(6-4-16)31-8-10-32-11-9-31/h2,7,12-14,16-17H,3-6,8-11H2,1H3,(H2,24,25,26,27)/t16-,17-. The lowest BCUT2D eigenvalue weighted by Gasteiger charge is -2.39. The minimum atomic E-state index is 0.428. The van der Waals surface area contributed by atoms with Gasteiger partial charge in [-0.25, -0.2) is 14.6 Å². The van der Waals surface area contributed by atoms with E-state index in [0.717, 1.165) is 78.2 Å². The lowest BCUT2D eigenvalue weighted by atomic mass is 9.90. The number of fused-ring (bicyclic) bond motifs is 2. The summed E-state index contributed by atoms with van der Waals surface area (Å²) < 4.78 is 7.32. The van der Waals surface area contributed by atoms with E-state index in [-0.39, 0.29) is 0 Å². The van der Waals surface area contributed by atoms with E-state index in [1.54, 1.807) is 11.0 Å². The maximum Gasteiger partial charge on any atom is 0.143 e. The first kappa shape index (κ1) is 19.6.